The molecular formula is C25H27ClN2O4. The number of benzene rings is 2. The van der Waals surface area contributed by atoms with Gasteiger partial charge >= 0.3 is 0 Å². The van der Waals surface area contributed by atoms with Gasteiger partial charge in [0.05, 0.1) is 10.5 Å². The zero-order chi connectivity index (χ0) is 22.4. The molecule has 32 heavy (non-hydrogen) atoms. The van der Waals surface area contributed by atoms with Crippen LogP contribution in [0, 0.1) is 0 Å². The van der Waals surface area contributed by atoms with E-state index in [0.717, 1.165) is 16.5 Å². The third-order valence-electron chi connectivity index (χ3n) is 6.50. The van der Waals surface area contributed by atoms with Crippen LogP contribution in [0.1, 0.15) is 41.7 Å². The molecule has 1 aromatic heterocycles. The lowest BCUT2D eigenvalue weighted by molar-refractivity contribution is -0.225. The molecule has 0 radical (unpaired) electrons. The van der Waals surface area contributed by atoms with Gasteiger partial charge in [0.25, 0.3) is 0 Å². The van der Waals surface area contributed by atoms with Crippen LogP contribution in [0.4, 0.5) is 0 Å². The van der Waals surface area contributed by atoms with Crippen LogP contribution in [0.2, 0.25) is 5.02 Å². The van der Waals surface area contributed by atoms with Crippen molar-refractivity contribution in [3.63, 3.8) is 0 Å². The van der Waals surface area contributed by atoms with Gasteiger partial charge in [0.15, 0.2) is 6.23 Å². The van der Waals surface area contributed by atoms with Gasteiger partial charge in [-0.1, -0.05) is 41.9 Å². The quantitative estimate of drug-likeness (QED) is 0.515. The van der Waals surface area contributed by atoms with Crippen molar-refractivity contribution in [3.05, 3.63) is 70.4 Å². The molecule has 6 nitrogen and oxygen atoms in total. The minimum atomic E-state index is -1.37. The van der Waals surface area contributed by atoms with Crippen LogP contribution in [0.3, 0.4) is 0 Å². The molecule has 2 aliphatic rings. The van der Waals surface area contributed by atoms with Crippen molar-refractivity contribution in [2.75, 3.05) is 7.05 Å². The highest BCUT2D eigenvalue weighted by Gasteiger charge is 2.44. The van der Waals surface area contributed by atoms with E-state index in [0.29, 0.717) is 17.4 Å². The first-order valence-electron chi connectivity index (χ1n) is 11.0. The van der Waals surface area contributed by atoms with E-state index >= 15 is 0 Å². The average Bonchev–Trinajstić information content (AvgIpc) is 3.58. The fourth-order valence-electron chi connectivity index (χ4n) is 4.62. The summed E-state index contributed by atoms with van der Waals surface area (Å²) >= 11 is 6.60. The van der Waals surface area contributed by atoms with Crippen molar-refractivity contribution >= 4 is 28.7 Å². The third kappa shape index (κ3) is 3.87. The molecule has 7 heteroatoms. The highest BCUT2D eigenvalue weighted by atomic mass is 35.5. The summed E-state index contributed by atoms with van der Waals surface area (Å²) in [6.07, 6.45) is 0.899. The van der Waals surface area contributed by atoms with Crippen LogP contribution in [0.25, 0.3) is 10.9 Å². The molecule has 1 aliphatic heterocycles. The fourth-order valence-corrected chi connectivity index (χ4v) is 4.91. The highest BCUT2D eigenvalue weighted by Crippen LogP contribution is 2.40. The number of hydrogen-bond donors (Lipinski definition) is 3. The van der Waals surface area contributed by atoms with Gasteiger partial charge in [-0.15, -0.1) is 0 Å². The number of aliphatic hydroxyl groups is 3. The number of aliphatic hydroxyl groups excluding tert-OH is 3. The van der Waals surface area contributed by atoms with Crippen molar-refractivity contribution in [3.8, 4) is 0 Å². The zero-order valence-corrected chi connectivity index (χ0v) is 18.6. The van der Waals surface area contributed by atoms with Crippen LogP contribution in [-0.2, 0) is 11.2 Å². The smallest absolute Gasteiger partial charge is 0.163 e. The number of nitrogens with zero attached hydrogens (tertiary/aromatic N) is 2. The van der Waals surface area contributed by atoms with Gasteiger partial charge in [-0.25, -0.2) is 0 Å². The molecule has 2 heterocycles. The van der Waals surface area contributed by atoms with Gasteiger partial charge in [-0.05, 0) is 54.0 Å². The van der Waals surface area contributed by atoms with Crippen molar-refractivity contribution in [1.82, 2.24) is 4.57 Å². The molecule has 2 fully saturated rings. The first-order chi connectivity index (χ1) is 15.5. The summed E-state index contributed by atoms with van der Waals surface area (Å²) in [5, 5.41) is 32.9. The van der Waals surface area contributed by atoms with Gasteiger partial charge in [0.1, 0.15) is 24.4 Å². The molecule has 2 aromatic carbocycles. The molecule has 168 valence electrons. The topological polar surface area (TPSA) is 87.2 Å². The first-order valence-corrected chi connectivity index (χ1v) is 11.3. The Kier molecular flexibility index (Phi) is 5.82. The lowest BCUT2D eigenvalue weighted by Crippen LogP contribution is -2.55. The summed E-state index contributed by atoms with van der Waals surface area (Å²) in [4.78, 5) is 3.93. The lowest BCUT2D eigenvalue weighted by atomic mass is 9.98. The Morgan fingerprint density at radius 3 is 2.50 bits per heavy atom. The van der Waals surface area contributed by atoms with Crippen molar-refractivity contribution in [1.29, 1.82) is 0 Å². The number of hydrogen-bond acceptors (Lipinski definition) is 5. The van der Waals surface area contributed by atoms with Gasteiger partial charge in [-0.3, -0.25) is 4.99 Å². The molecule has 3 aromatic rings. The van der Waals surface area contributed by atoms with Crippen LogP contribution >= 0.6 is 11.6 Å². The normalized spacial score (nSPS) is 28.6. The van der Waals surface area contributed by atoms with Gasteiger partial charge in [0, 0.05) is 24.8 Å². The Balaban J connectivity index is 1.53. The molecule has 0 spiro atoms. The van der Waals surface area contributed by atoms with Crippen molar-refractivity contribution in [2.24, 2.45) is 4.99 Å². The maximum atomic E-state index is 10.7. The number of rotatable bonds is 5. The maximum absolute atomic E-state index is 10.7. The summed E-state index contributed by atoms with van der Waals surface area (Å²) in [5.74, 6) is 0.715. The van der Waals surface area contributed by atoms with Crippen LogP contribution in [0.5, 0.6) is 0 Å². The SMILES string of the molecule is CN=C[C@H]1O[C@@H](n2cc(Cc3ccc(C4CC4)cc3)c3c(Cl)cccc32)[C@H](O)[C@@H](O)[C@@H]1O. The average molecular weight is 455 g/mol. The zero-order valence-electron chi connectivity index (χ0n) is 17.8. The van der Waals surface area contributed by atoms with Crippen LogP contribution < -0.4 is 0 Å². The number of halogens is 1. The van der Waals surface area contributed by atoms with E-state index in [9.17, 15) is 15.3 Å². The molecule has 5 rings (SSSR count). The fraction of sp³-hybridized carbons (Fsp3) is 0.400. The van der Waals surface area contributed by atoms with Gasteiger partial charge in [-0.2, -0.15) is 0 Å². The predicted molar refractivity (Wildman–Crippen MR) is 125 cm³/mol. The van der Waals surface area contributed by atoms with E-state index < -0.39 is 30.6 Å². The van der Waals surface area contributed by atoms with Crippen molar-refractivity contribution < 1.29 is 20.1 Å². The molecule has 1 saturated carbocycles. The van der Waals surface area contributed by atoms with E-state index in [1.165, 1.54) is 30.2 Å². The Hall–Kier alpha value is -2.22. The summed E-state index contributed by atoms with van der Waals surface area (Å²) in [6, 6.07) is 14.3. The standard InChI is InChI=1S/C25H27ClN2O4/c1-27-12-20-22(29)23(30)24(31)25(32-20)28-13-17(21-18(26)3-2-4-19(21)28)11-14-5-7-15(8-6-14)16-9-10-16/h2-8,12-13,16,20,22-25,29-31H,9-11H2,1H3/t20-,22-,23+,24-,25-/m1/s1. The first kappa shape index (κ1) is 21.6. The third-order valence-corrected chi connectivity index (χ3v) is 6.82. The number of aromatic nitrogens is 1. The second-order valence-corrected chi connectivity index (χ2v) is 9.17. The molecule has 0 amide bonds. The molecule has 1 saturated heterocycles. The van der Waals surface area contributed by atoms with Gasteiger partial charge < -0.3 is 24.6 Å². The Bertz CT molecular complexity index is 1140. The molecular weight excluding hydrogens is 428 g/mol. The van der Waals surface area contributed by atoms with Crippen molar-refractivity contribution in [2.45, 2.75) is 55.8 Å². The predicted octanol–water partition coefficient (Wildman–Crippen LogP) is 3.44. The molecule has 0 bridgehead atoms. The second-order valence-electron chi connectivity index (χ2n) is 8.76. The summed E-state index contributed by atoms with van der Waals surface area (Å²) in [7, 11) is 1.57. The lowest BCUT2D eigenvalue weighted by Gasteiger charge is -2.40. The summed E-state index contributed by atoms with van der Waals surface area (Å²) < 4.78 is 7.78. The second kappa shape index (κ2) is 8.61. The molecule has 0 unspecified atom stereocenters. The largest absolute Gasteiger partial charge is 0.387 e. The Morgan fingerprint density at radius 2 is 1.81 bits per heavy atom. The molecule has 1 aliphatic carbocycles. The highest BCUT2D eigenvalue weighted by molar-refractivity contribution is 6.35. The molecule has 3 N–H and O–H groups in total. The Labute approximate surface area is 191 Å². The summed E-state index contributed by atoms with van der Waals surface area (Å²) in [5.41, 5.74) is 4.36. The summed E-state index contributed by atoms with van der Waals surface area (Å²) in [6.45, 7) is 0. The molecule has 5 atom stereocenters. The Morgan fingerprint density at radius 1 is 1.06 bits per heavy atom. The van der Waals surface area contributed by atoms with E-state index in [-0.39, 0.29) is 0 Å². The van der Waals surface area contributed by atoms with Crippen LogP contribution in [0.15, 0.2) is 53.7 Å². The van der Waals surface area contributed by atoms with E-state index in [2.05, 4.69) is 29.3 Å². The number of aliphatic imine (C=N–C) groups is 1. The minimum absolute atomic E-state index is 0.614. The maximum Gasteiger partial charge on any atom is 0.163 e. The minimum Gasteiger partial charge on any atom is -0.387 e. The van der Waals surface area contributed by atoms with E-state index in [1.54, 1.807) is 11.6 Å². The monoisotopic (exact) mass is 454 g/mol. The van der Waals surface area contributed by atoms with E-state index in [4.69, 9.17) is 16.3 Å². The van der Waals surface area contributed by atoms with E-state index in [1.807, 2.05) is 24.4 Å². The number of fused-ring (bicyclic) bond motifs is 1. The number of ether oxygens (including phenoxy) is 1. The van der Waals surface area contributed by atoms with Crippen LogP contribution in [-0.4, -0.2) is 57.6 Å². The van der Waals surface area contributed by atoms with Gasteiger partial charge in [0.2, 0.25) is 0 Å².